The summed E-state index contributed by atoms with van der Waals surface area (Å²) in [6.07, 6.45) is 0.185. The van der Waals surface area contributed by atoms with E-state index in [2.05, 4.69) is 5.32 Å². The van der Waals surface area contributed by atoms with Crippen LogP contribution >= 0.6 is 0 Å². The van der Waals surface area contributed by atoms with Crippen molar-refractivity contribution in [2.45, 2.75) is 19.4 Å². The van der Waals surface area contributed by atoms with E-state index in [0.717, 1.165) is 0 Å². The number of hydrogen-bond donors (Lipinski definition) is 3. The molecule has 19 heavy (non-hydrogen) atoms. The van der Waals surface area contributed by atoms with E-state index in [4.69, 9.17) is 11.5 Å². The average molecular weight is 264 g/mol. The van der Waals surface area contributed by atoms with Gasteiger partial charge in [-0.3, -0.25) is 9.59 Å². The van der Waals surface area contributed by atoms with Gasteiger partial charge in [0.05, 0.1) is 5.56 Å². The van der Waals surface area contributed by atoms with Crippen molar-refractivity contribution in [3.63, 3.8) is 0 Å². The van der Waals surface area contributed by atoms with Crippen molar-refractivity contribution >= 4 is 23.2 Å². The number of amides is 2. The van der Waals surface area contributed by atoms with Gasteiger partial charge in [-0.25, -0.2) is 0 Å². The molecular weight excluding hydrogens is 244 g/mol. The second-order valence-corrected chi connectivity index (χ2v) is 4.72. The monoisotopic (exact) mass is 264 g/mol. The Labute approximate surface area is 112 Å². The number of hydrogen-bond acceptors (Lipinski definition) is 4. The van der Waals surface area contributed by atoms with Crippen molar-refractivity contribution in [1.29, 1.82) is 0 Å². The number of carbonyl (C=O) groups is 2. The van der Waals surface area contributed by atoms with Crippen LogP contribution in [-0.2, 0) is 4.79 Å². The second-order valence-electron chi connectivity index (χ2n) is 4.72. The Bertz CT molecular complexity index is 486. The molecule has 0 aliphatic heterocycles. The average Bonchev–Trinajstić information content (AvgIpc) is 2.26. The fraction of sp³-hybridized carbons (Fsp3) is 0.385. The number of carbonyl (C=O) groups excluding carboxylic acids is 2. The standard InChI is InChI=1S/C13H20N4O2/c1-8(6-12(15)18)16-11-7-9(14)4-5-10(11)13(19)17(2)3/h4-5,7-8,16H,6,14H2,1-3H3,(H2,15,18). The molecule has 0 radical (unpaired) electrons. The van der Waals surface area contributed by atoms with Crippen LogP contribution in [0.5, 0.6) is 0 Å². The zero-order chi connectivity index (χ0) is 14.6. The first-order valence-electron chi connectivity index (χ1n) is 5.97. The van der Waals surface area contributed by atoms with Crippen molar-refractivity contribution in [1.82, 2.24) is 4.90 Å². The Morgan fingerprint density at radius 1 is 1.37 bits per heavy atom. The molecule has 0 spiro atoms. The van der Waals surface area contributed by atoms with Crippen molar-refractivity contribution in [3.8, 4) is 0 Å². The SMILES string of the molecule is CC(CC(N)=O)Nc1cc(N)ccc1C(=O)N(C)C. The van der Waals surface area contributed by atoms with Gasteiger partial charge in [-0.05, 0) is 25.1 Å². The van der Waals surface area contributed by atoms with Crippen molar-refractivity contribution in [3.05, 3.63) is 23.8 Å². The zero-order valence-corrected chi connectivity index (χ0v) is 11.4. The fourth-order valence-electron chi connectivity index (χ4n) is 1.73. The van der Waals surface area contributed by atoms with Crippen molar-refractivity contribution in [2.24, 2.45) is 5.73 Å². The van der Waals surface area contributed by atoms with Gasteiger partial charge in [0.1, 0.15) is 0 Å². The summed E-state index contributed by atoms with van der Waals surface area (Å²) < 4.78 is 0. The van der Waals surface area contributed by atoms with Crippen LogP contribution in [0.15, 0.2) is 18.2 Å². The molecule has 0 aliphatic rings. The Balaban J connectivity index is 3.00. The number of nitrogen functional groups attached to an aromatic ring is 1. The van der Waals surface area contributed by atoms with E-state index in [0.29, 0.717) is 16.9 Å². The number of benzene rings is 1. The van der Waals surface area contributed by atoms with Crippen LogP contribution in [0.25, 0.3) is 0 Å². The molecule has 6 heteroatoms. The normalized spacial score (nSPS) is 11.7. The van der Waals surface area contributed by atoms with Crippen LogP contribution in [0.1, 0.15) is 23.7 Å². The van der Waals surface area contributed by atoms with E-state index in [-0.39, 0.29) is 18.4 Å². The van der Waals surface area contributed by atoms with E-state index in [9.17, 15) is 9.59 Å². The molecule has 1 atom stereocenters. The molecule has 1 unspecified atom stereocenters. The highest BCUT2D eigenvalue weighted by atomic mass is 16.2. The van der Waals surface area contributed by atoms with Gasteiger partial charge in [0.15, 0.2) is 0 Å². The van der Waals surface area contributed by atoms with E-state index in [1.807, 2.05) is 6.92 Å². The summed E-state index contributed by atoms with van der Waals surface area (Å²) in [4.78, 5) is 24.4. The van der Waals surface area contributed by atoms with Crippen LogP contribution in [0.4, 0.5) is 11.4 Å². The summed E-state index contributed by atoms with van der Waals surface area (Å²) in [5, 5.41) is 3.09. The van der Waals surface area contributed by atoms with Crippen molar-refractivity contribution in [2.75, 3.05) is 25.1 Å². The van der Waals surface area contributed by atoms with Gasteiger partial charge in [0, 0.05) is 37.9 Å². The second kappa shape index (κ2) is 6.08. The van der Waals surface area contributed by atoms with E-state index in [1.165, 1.54) is 4.90 Å². The van der Waals surface area contributed by atoms with Crippen LogP contribution in [-0.4, -0.2) is 36.9 Å². The third-order valence-corrected chi connectivity index (χ3v) is 2.59. The molecule has 104 valence electrons. The highest BCUT2D eigenvalue weighted by Gasteiger charge is 2.15. The van der Waals surface area contributed by atoms with Gasteiger partial charge in [0.25, 0.3) is 5.91 Å². The first-order chi connectivity index (χ1) is 8.81. The molecule has 0 saturated carbocycles. The number of nitrogens with two attached hydrogens (primary N) is 2. The molecule has 0 fully saturated rings. The molecule has 0 bridgehead atoms. The Morgan fingerprint density at radius 2 is 2.00 bits per heavy atom. The largest absolute Gasteiger partial charge is 0.399 e. The van der Waals surface area contributed by atoms with Crippen LogP contribution in [0, 0.1) is 0 Å². The van der Waals surface area contributed by atoms with Crippen LogP contribution in [0.2, 0.25) is 0 Å². The lowest BCUT2D eigenvalue weighted by atomic mass is 10.1. The quantitative estimate of drug-likeness (QED) is 0.679. The molecule has 0 aromatic heterocycles. The molecule has 1 aromatic carbocycles. The van der Waals surface area contributed by atoms with Gasteiger partial charge in [-0.1, -0.05) is 0 Å². The summed E-state index contributed by atoms with van der Waals surface area (Å²) in [7, 11) is 3.35. The maximum Gasteiger partial charge on any atom is 0.255 e. The minimum atomic E-state index is -0.399. The lowest BCUT2D eigenvalue weighted by molar-refractivity contribution is -0.118. The highest BCUT2D eigenvalue weighted by Crippen LogP contribution is 2.21. The lowest BCUT2D eigenvalue weighted by Gasteiger charge is -2.19. The first kappa shape index (κ1) is 14.8. The maximum atomic E-state index is 12.0. The molecule has 0 aliphatic carbocycles. The van der Waals surface area contributed by atoms with Gasteiger partial charge in [-0.15, -0.1) is 0 Å². The smallest absolute Gasteiger partial charge is 0.255 e. The van der Waals surface area contributed by atoms with E-state index >= 15 is 0 Å². The third kappa shape index (κ3) is 4.17. The summed E-state index contributed by atoms with van der Waals surface area (Å²) in [6, 6.07) is 4.83. The summed E-state index contributed by atoms with van der Waals surface area (Å²) in [5.41, 5.74) is 12.5. The molecule has 1 aromatic rings. The minimum absolute atomic E-state index is 0.131. The lowest BCUT2D eigenvalue weighted by Crippen LogP contribution is -2.27. The number of rotatable bonds is 5. The summed E-state index contributed by atoms with van der Waals surface area (Å²) in [5.74, 6) is -0.529. The van der Waals surface area contributed by atoms with Crippen LogP contribution < -0.4 is 16.8 Å². The molecule has 0 heterocycles. The Morgan fingerprint density at radius 3 is 2.53 bits per heavy atom. The number of nitrogens with one attached hydrogen (secondary N) is 1. The van der Waals surface area contributed by atoms with Gasteiger partial charge < -0.3 is 21.7 Å². The van der Waals surface area contributed by atoms with Crippen LogP contribution in [0.3, 0.4) is 0 Å². The first-order valence-corrected chi connectivity index (χ1v) is 5.97. The molecule has 0 saturated heterocycles. The Kier molecular flexibility index (Phi) is 4.74. The molecule has 2 amide bonds. The Hall–Kier alpha value is -2.24. The molecular formula is C13H20N4O2. The van der Waals surface area contributed by atoms with Gasteiger partial charge >= 0.3 is 0 Å². The summed E-state index contributed by atoms with van der Waals surface area (Å²) >= 11 is 0. The third-order valence-electron chi connectivity index (χ3n) is 2.59. The molecule has 6 nitrogen and oxygen atoms in total. The van der Waals surface area contributed by atoms with Crippen molar-refractivity contribution < 1.29 is 9.59 Å². The zero-order valence-electron chi connectivity index (χ0n) is 11.4. The number of anilines is 2. The maximum absolute atomic E-state index is 12.0. The van der Waals surface area contributed by atoms with E-state index < -0.39 is 5.91 Å². The molecule has 1 rings (SSSR count). The fourth-order valence-corrected chi connectivity index (χ4v) is 1.73. The number of primary amides is 1. The summed E-state index contributed by atoms with van der Waals surface area (Å²) in [6.45, 7) is 1.82. The predicted octanol–water partition coefficient (Wildman–Crippen LogP) is 0.646. The number of nitrogens with zero attached hydrogens (tertiary/aromatic N) is 1. The highest BCUT2D eigenvalue weighted by molar-refractivity contribution is 6.00. The molecule has 5 N–H and O–H groups in total. The predicted molar refractivity (Wildman–Crippen MR) is 75.8 cm³/mol. The van der Waals surface area contributed by atoms with Gasteiger partial charge in [0.2, 0.25) is 5.91 Å². The van der Waals surface area contributed by atoms with E-state index in [1.54, 1.807) is 32.3 Å². The van der Waals surface area contributed by atoms with Gasteiger partial charge in [-0.2, -0.15) is 0 Å². The topological polar surface area (TPSA) is 101 Å². The minimum Gasteiger partial charge on any atom is -0.399 e.